The van der Waals surface area contributed by atoms with E-state index in [9.17, 15) is 9.59 Å². The molecular formula is C18H23N3O3. The van der Waals surface area contributed by atoms with Gasteiger partial charge in [0.2, 0.25) is 0 Å². The first-order chi connectivity index (χ1) is 11.7. The molecule has 0 spiro atoms. The molecule has 1 aromatic heterocycles. The number of hydrogen-bond donors (Lipinski definition) is 1. The average Bonchev–Trinajstić information content (AvgIpc) is 3.02. The van der Waals surface area contributed by atoms with Crippen molar-refractivity contribution >= 4 is 22.9 Å². The van der Waals surface area contributed by atoms with Crippen LogP contribution in [0.1, 0.15) is 32.1 Å². The van der Waals surface area contributed by atoms with Gasteiger partial charge in [0.05, 0.1) is 17.4 Å². The predicted molar refractivity (Wildman–Crippen MR) is 90.3 cm³/mol. The van der Waals surface area contributed by atoms with E-state index in [0.717, 1.165) is 11.0 Å². The van der Waals surface area contributed by atoms with E-state index < -0.39 is 5.97 Å². The fourth-order valence-electron chi connectivity index (χ4n) is 3.17. The summed E-state index contributed by atoms with van der Waals surface area (Å²) < 4.78 is 6.79. The van der Waals surface area contributed by atoms with Crippen LogP contribution in [0, 0.1) is 5.92 Å². The lowest BCUT2D eigenvalue weighted by atomic mass is 9.89. The smallest absolute Gasteiger partial charge is 0.326 e. The number of amides is 1. The Hall–Kier alpha value is -2.37. The van der Waals surface area contributed by atoms with Gasteiger partial charge in [0, 0.05) is 6.54 Å². The van der Waals surface area contributed by atoms with Crippen molar-refractivity contribution in [1.29, 1.82) is 0 Å². The Morgan fingerprint density at radius 2 is 2.00 bits per heavy atom. The zero-order valence-corrected chi connectivity index (χ0v) is 13.7. The summed E-state index contributed by atoms with van der Waals surface area (Å²) in [5.41, 5.74) is 1.70. The van der Waals surface area contributed by atoms with Gasteiger partial charge in [0.1, 0.15) is 6.54 Å². The van der Waals surface area contributed by atoms with Crippen molar-refractivity contribution in [2.75, 3.05) is 13.2 Å². The molecule has 1 N–H and O–H groups in total. The lowest BCUT2D eigenvalue weighted by Gasteiger charge is -2.21. The number of benzene rings is 1. The average molecular weight is 329 g/mol. The lowest BCUT2D eigenvalue weighted by Crippen LogP contribution is -2.33. The molecule has 0 atom stereocenters. The minimum absolute atomic E-state index is 0.0520. The van der Waals surface area contributed by atoms with E-state index in [4.69, 9.17) is 4.74 Å². The maximum atomic E-state index is 11.9. The van der Waals surface area contributed by atoms with Crippen molar-refractivity contribution in [3.63, 3.8) is 0 Å². The number of nitrogens with zero attached hydrogens (tertiary/aromatic N) is 2. The van der Waals surface area contributed by atoms with Gasteiger partial charge in [-0.3, -0.25) is 9.59 Å². The zero-order chi connectivity index (χ0) is 16.8. The van der Waals surface area contributed by atoms with Crippen LogP contribution in [-0.2, 0) is 20.9 Å². The number of fused-ring (bicyclic) bond motifs is 1. The van der Waals surface area contributed by atoms with Crippen LogP contribution in [0.25, 0.3) is 11.0 Å². The summed E-state index contributed by atoms with van der Waals surface area (Å²) in [4.78, 5) is 27.9. The van der Waals surface area contributed by atoms with E-state index in [1.165, 1.54) is 32.1 Å². The quantitative estimate of drug-likeness (QED) is 0.825. The van der Waals surface area contributed by atoms with E-state index >= 15 is 0 Å². The van der Waals surface area contributed by atoms with E-state index in [2.05, 4.69) is 10.3 Å². The molecule has 128 valence electrons. The van der Waals surface area contributed by atoms with Crippen molar-refractivity contribution in [3.8, 4) is 0 Å². The second kappa shape index (κ2) is 7.95. The Morgan fingerprint density at radius 1 is 1.21 bits per heavy atom. The lowest BCUT2D eigenvalue weighted by molar-refractivity contribution is -0.149. The summed E-state index contributed by atoms with van der Waals surface area (Å²) in [6.07, 6.45) is 7.74. The van der Waals surface area contributed by atoms with Crippen LogP contribution in [0.2, 0.25) is 0 Å². The largest absolute Gasteiger partial charge is 0.454 e. The summed E-state index contributed by atoms with van der Waals surface area (Å²) in [7, 11) is 0. The number of imidazole rings is 1. The van der Waals surface area contributed by atoms with Crippen molar-refractivity contribution in [2.45, 2.75) is 38.6 Å². The first-order valence-electron chi connectivity index (χ1n) is 8.54. The molecule has 0 saturated heterocycles. The number of aromatic nitrogens is 2. The number of carbonyl (C=O) groups is 2. The Morgan fingerprint density at radius 3 is 2.83 bits per heavy atom. The maximum Gasteiger partial charge on any atom is 0.326 e. The second-order valence-electron chi connectivity index (χ2n) is 6.33. The highest BCUT2D eigenvalue weighted by molar-refractivity contribution is 5.81. The topological polar surface area (TPSA) is 73.2 Å². The van der Waals surface area contributed by atoms with E-state index in [0.29, 0.717) is 12.5 Å². The van der Waals surface area contributed by atoms with Crippen molar-refractivity contribution in [2.24, 2.45) is 5.92 Å². The molecule has 0 unspecified atom stereocenters. The Balaban J connectivity index is 1.41. The molecule has 1 amide bonds. The number of hydrogen-bond acceptors (Lipinski definition) is 4. The normalized spacial score (nSPS) is 15.3. The van der Waals surface area contributed by atoms with Crippen LogP contribution < -0.4 is 5.32 Å². The molecular weight excluding hydrogens is 306 g/mol. The number of rotatable bonds is 6. The van der Waals surface area contributed by atoms with Crippen LogP contribution in [-0.4, -0.2) is 34.6 Å². The molecule has 0 aliphatic heterocycles. The predicted octanol–water partition coefficient (Wildman–Crippen LogP) is 2.28. The highest BCUT2D eigenvalue weighted by Gasteiger charge is 2.15. The van der Waals surface area contributed by atoms with E-state index in [1.807, 2.05) is 24.3 Å². The molecule has 2 aromatic rings. The number of ether oxygens (including phenoxy) is 1. The van der Waals surface area contributed by atoms with Gasteiger partial charge in [-0.05, 0) is 30.9 Å². The molecule has 1 aromatic carbocycles. The number of esters is 1. The SMILES string of the molecule is O=C(COC(=O)Cn1cnc2ccccc21)NCC1CCCCC1. The third kappa shape index (κ3) is 4.34. The monoisotopic (exact) mass is 329 g/mol. The van der Waals surface area contributed by atoms with Crippen LogP contribution in [0.3, 0.4) is 0 Å². The second-order valence-corrected chi connectivity index (χ2v) is 6.33. The standard InChI is InChI=1S/C18H23N3O3/c22-17(19-10-14-6-2-1-3-7-14)12-24-18(23)11-21-13-20-15-8-4-5-9-16(15)21/h4-5,8-9,13-14H,1-3,6-7,10-12H2,(H,19,22). The van der Waals surface area contributed by atoms with Gasteiger partial charge in [0.25, 0.3) is 5.91 Å². The summed E-state index contributed by atoms with van der Waals surface area (Å²) in [6.45, 7) is 0.511. The summed E-state index contributed by atoms with van der Waals surface area (Å²) in [5, 5.41) is 2.86. The summed E-state index contributed by atoms with van der Waals surface area (Å²) >= 11 is 0. The molecule has 1 heterocycles. The molecule has 1 aliphatic carbocycles. The fraction of sp³-hybridized carbons (Fsp3) is 0.500. The Labute approximate surface area is 141 Å². The highest BCUT2D eigenvalue weighted by Crippen LogP contribution is 2.22. The zero-order valence-electron chi connectivity index (χ0n) is 13.7. The molecule has 24 heavy (non-hydrogen) atoms. The molecule has 6 nitrogen and oxygen atoms in total. The summed E-state index contributed by atoms with van der Waals surface area (Å²) in [6, 6.07) is 7.57. The molecule has 6 heteroatoms. The van der Waals surface area contributed by atoms with E-state index in [1.54, 1.807) is 10.9 Å². The molecule has 0 radical (unpaired) electrons. The number of para-hydroxylation sites is 2. The van der Waals surface area contributed by atoms with Gasteiger partial charge in [0.15, 0.2) is 6.61 Å². The van der Waals surface area contributed by atoms with Crippen LogP contribution >= 0.6 is 0 Å². The van der Waals surface area contributed by atoms with Crippen molar-refractivity contribution < 1.29 is 14.3 Å². The van der Waals surface area contributed by atoms with Crippen LogP contribution in [0.5, 0.6) is 0 Å². The van der Waals surface area contributed by atoms with Crippen molar-refractivity contribution in [1.82, 2.24) is 14.9 Å². The van der Waals surface area contributed by atoms with Gasteiger partial charge >= 0.3 is 5.97 Å². The summed E-state index contributed by atoms with van der Waals surface area (Å²) in [5.74, 6) is -0.105. The highest BCUT2D eigenvalue weighted by atomic mass is 16.5. The van der Waals surface area contributed by atoms with E-state index in [-0.39, 0.29) is 19.1 Å². The molecule has 0 bridgehead atoms. The fourth-order valence-corrected chi connectivity index (χ4v) is 3.17. The van der Waals surface area contributed by atoms with Gasteiger partial charge < -0.3 is 14.6 Å². The Bertz CT molecular complexity index is 704. The third-order valence-electron chi connectivity index (χ3n) is 4.50. The minimum Gasteiger partial charge on any atom is -0.454 e. The molecule has 1 aliphatic rings. The molecule has 1 fully saturated rings. The molecule has 3 rings (SSSR count). The van der Waals surface area contributed by atoms with Gasteiger partial charge in [-0.2, -0.15) is 0 Å². The van der Waals surface area contributed by atoms with Crippen LogP contribution in [0.4, 0.5) is 0 Å². The van der Waals surface area contributed by atoms with Gasteiger partial charge in [-0.25, -0.2) is 4.98 Å². The van der Waals surface area contributed by atoms with Gasteiger partial charge in [-0.15, -0.1) is 0 Å². The first kappa shape index (κ1) is 16.5. The number of carbonyl (C=O) groups excluding carboxylic acids is 2. The van der Waals surface area contributed by atoms with Gasteiger partial charge in [-0.1, -0.05) is 31.4 Å². The first-order valence-corrected chi connectivity index (χ1v) is 8.54. The van der Waals surface area contributed by atoms with Crippen molar-refractivity contribution in [3.05, 3.63) is 30.6 Å². The molecule has 1 saturated carbocycles. The third-order valence-corrected chi connectivity index (χ3v) is 4.50. The minimum atomic E-state index is -0.439. The van der Waals surface area contributed by atoms with Crippen LogP contribution in [0.15, 0.2) is 30.6 Å². The maximum absolute atomic E-state index is 11.9. The number of nitrogens with one attached hydrogen (secondary N) is 1. The Kier molecular flexibility index (Phi) is 5.46.